The van der Waals surface area contributed by atoms with Gasteiger partial charge in [-0.2, -0.15) is 0 Å². The van der Waals surface area contributed by atoms with Gasteiger partial charge in [0.1, 0.15) is 19.3 Å². The van der Waals surface area contributed by atoms with E-state index in [1.807, 2.05) is 33.3 Å². The van der Waals surface area contributed by atoms with Crippen LogP contribution in [-0.2, 0) is 27.9 Å². The molecule has 0 aromatic rings. The van der Waals surface area contributed by atoms with Crippen molar-refractivity contribution in [3.05, 3.63) is 60.8 Å². The summed E-state index contributed by atoms with van der Waals surface area (Å²) in [5.74, 6) is -0.566. The first-order valence-corrected chi connectivity index (χ1v) is 31.6. The second-order valence-corrected chi connectivity index (χ2v) is 22.9. The van der Waals surface area contributed by atoms with E-state index in [-0.39, 0.29) is 24.9 Å². The second-order valence-electron chi connectivity index (χ2n) is 21.5. The van der Waals surface area contributed by atoms with Gasteiger partial charge in [-0.1, -0.05) is 223 Å². The Morgan fingerprint density at radius 1 is 0.486 bits per heavy atom. The topological polar surface area (TPSA) is 114 Å². The molecule has 0 aromatic heterocycles. The average molecular weight is 1030 g/mol. The third-order valence-corrected chi connectivity index (χ3v) is 14.1. The number of phosphoric ester groups is 1. The van der Waals surface area contributed by atoms with Crippen LogP contribution in [0.3, 0.4) is 0 Å². The molecule has 0 aliphatic rings. The van der Waals surface area contributed by atoms with Gasteiger partial charge in [0.15, 0.2) is 0 Å². The van der Waals surface area contributed by atoms with E-state index in [1.165, 1.54) is 141 Å². The van der Waals surface area contributed by atoms with Gasteiger partial charge < -0.3 is 28.5 Å². The number of ether oxygens (including phenoxy) is 1. The Hall–Kier alpha value is -2.29. The normalized spacial score (nSPS) is 14.2. The number of quaternary nitrogens is 1. The van der Waals surface area contributed by atoms with Crippen LogP contribution < -0.4 is 10.2 Å². The summed E-state index contributed by atoms with van der Waals surface area (Å²) in [4.78, 5) is 39.9. The zero-order valence-electron chi connectivity index (χ0n) is 47.9. The highest BCUT2D eigenvalue weighted by atomic mass is 31.2. The van der Waals surface area contributed by atoms with Crippen molar-refractivity contribution in [3.63, 3.8) is 0 Å². The molecule has 3 atom stereocenters. The third kappa shape index (κ3) is 52.6. The Balaban J connectivity index is 5.25. The maximum atomic E-state index is 13.5. The van der Waals surface area contributed by atoms with Crippen LogP contribution in [0.1, 0.15) is 271 Å². The summed E-state index contributed by atoms with van der Waals surface area (Å²) in [6.45, 7) is 6.79. The van der Waals surface area contributed by atoms with E-state index in [4.69, 9.17) is 13.8 Å². The highest BCUT2D eigenvalue weighted by Crippen LogP contribution is 2.38. The zero-order chi connectivity index (χ0) is 52.9. The number of nitrogens with one attached hydrogen (secondary N) is 1. The summed E-state index contributed by atoms with van der Waals surface area (Å²) in [5, 5.41) is 3.02. The molecule has 1 N–H and O–H groups in total. The van der Waals surface area contributed by atoms with Gasteiger partial charge in [0, 0.05) is 12.8 Å². The molecule has 9 nitrogen and oxygen atoms in total. The van der Waals surface area contributed by atoms with E-state index >= 15 is 0 Å². The fourth-order valence-corrected chi connectivity index (χ4v) is 9.19. The molecule has 0 radical (unpaired) electrons. The van der Waals surface area contributed by atoms with Crippen LogP contribution in [-0.4, -0.2) is 69.4 Å². The summed E-state index contributed by atoms with van der Waals surface area (Å²) in [6, 6.07) is -0.898. The number of carbonyl (C=O) groups excluding carboxylic acids is 2. The first-order valence-electron chi connectivity index (χ1n) is 30.1. The van der Waals surface area contributed by atoms with Gasteiger partial charge in [0.25, 0.3) is 7.82 Å². The fourth-order valence-electron chi connectivity index (χ4n) is 8.46. The first-order chi connectivity index (χ1) is 34.9. The summed E-state index contributed by atoms with van der Waals surface area (Å²) in [7, 11) is 1.17. The molecule has 1 amide bonds. The predicted octanol–water partition coefficient (Wildman–Crippen LogP) is 17.6. The highest BCUT2D eigenvalue weighted by Gasteiger charge is 2.27. The lowest BCUT2D eigenvalue weighted by atomic mass is 10.0. The van der Waals surface area contributed by atoms with Crippen LogP contribution in [0.2, 0.25) is 0 Å². The Morgan fingerprint density at radius 3 is 1.32 bits per heavy atom. The van der Waals surface area contributed by atoms with E-state index in [0.29, 0.717) is 23.9 Å². The molecule has 0 saturated carbocycles. The molecule has 0 aromatic carbocycles. The van der Waals surface area contributed by atoms with E-state index in [2.05, 4.69) is 74.7 Å². The molecule has 0 saturated heterocycles. The van der Waals surface area contributed by atoms with Crippen molar-refractivity contribution in [1.82, 2.24) is 5.32 Å². The van der Waals surface area contributed by atoms with E-state index in [0.717, 1.165) is 89.9 Å². The van der Waals surface area contributed by atoms with Gasteiger partial charge in [-0.3, -0.25) is 14.2 Å². The van der Waals surface area contributed by atoms with Crippen LogP contribution in [0.5, 0.6) is 0 Å². The highest BCUT2D eigenvalue weighted by molar-refractivity contribution is 7.45. The van der Waals surface area contributed by atoms with Gasteiger partial charge in [-0.25, -0.2) is 0 Å². The number of hydrogen-bond donors (Lipinski definition) is 1. The van der Waals surface area contributed by atoms with Crippen molar-refractivity contribution in [3.8, 4) is 0 Å². The number of nitrogens with zero attached hydrogens (tertiary/aromatic N) is 1. The van der Waals surface area contributed by atoms with Gasteiger partial charge in [-0.15, -0.1) is 0 Å². The Bertz CT molecular complexity index is 1420. The number of unbranched alkanes of at least 4 members (excludes halogenated alkanes) is 30. The van der Waals surface area contributed by atoms with E-state index in [1.54, 1.807) is 0 Å². The summed E-state index contributed by atoms with van der Waals surface area (Å²) in [5.41, 5.74) is 0. The molecule has 0 bridgehead atoms. The van der Waals surface area contributed by atoms with Crippen molar-refractivity contribution in [1.29, 1.82) is 0 Å². The number of esters is 1. The molecule has 0 heterocycles. The predicted molar refractivity (Wildman–Crippen MR) is 307 cm³/mol. The number of rotatable bonds is 54. The number of likely N-dealkylation sites (N-methyl/N-ethyl adjacent to an activating group) is 1. The number of carbonyl (C=O) groups is 2. The van der Waals surface area contributed by atoms with Crippen molar-refractivity contribution < 1.29 is 37.3 Å². The molecule has 72 heavy (non-hydrogen) atoms. The molecule has 0 fully saturated rings. The first kappa shape index (κ1) is 69.7. The molecule has 10 heteroatoms. The lowest BCUT2D eigenvalue weighted by Crippen LogP contribution is -2.47. The van der Waals surface area contributed by atoms with Crippen LogP contribution in [0, 0.1) is 0 Å². The van der Waals surface area contributed by atoms with Crippen LogP contribution in [0.15, 0.2) is 60.8 Å². The Morgan fingerprint density at radius 2 is 0.847 bits per heavy atom. The SMILES string of the molecule is CCCCC/C=C\C/C=C\C/C=C\CCCCCCCCCCC(=O)NC(COP(=O)([O-])OCC[N+](C)(C)C)C(/C=C\CCCCCCCCCCC)OC(=O)CCCCC/C=C\CCCCCCCCC. The number of hydrogen-bond acceptors (Lipinski definition) is 7. The minimum atomic E-state index is -4.70. The number of allylic oxidation sites excluding steroid dienone is 9. The van der Waals surface area contributed by atoms with Crippen LogP contribution in [0.4, 0.5) is 0 Å². The van der Waals surface area contributed by atoms with Crippen molar-refractivity contribution in [2.75, 3.05) is 40.9 Å². The van der Waals surface area contributed by atoms with Gasteiger partial charge in [0.2, 0.25) is 5.91 Å². The van der Waals surface area contributed by atoms with Gasteiger partial charge in [0.05, 0.1) is 33.8 Å². The van der Waals surface area contributed by atoms with Crippen molar-refractivity contribution >= 4 is 19.7 Å². The smallest absolute Gasteiger partial charge is 0.306 e. The minimum absolute atomic E-state index is 0.0272. The Labute approximate surface area is 445 Å². The quantitative estimate of drug-likeness (QED) is 0.0212. The average Bonchev–Trinajstić information content (AvgIpc) is 3.34. The molecular formula is C62H115N2O7P. The summed E-state index contributed by atoms with van der Waals surface area (Å²) < 4.78 is 30.2. The van der Waals surface area contributed by atoms with Gasteiger partial charge >= 0.3 is 5.97 Å². The number of amides is 1. The summed E-state index contributed by atoms with van der Waals surface area (Å²) in [6.07, 6.45) is 64.7. The Kier molecular flexibility index (Phi) is 50.5. The second kappa shape index (κ2) is 52.2. The van der Waals surface area contributed by atoms with Gasteiger partial charge in [-0.05, 0) is 96.0 Å². The van der Waals surface area contributed by atoms with Crippen molar-refractivity contribution in [2.45, 2.75) is 283 Å². The third-order valence-electron chi connectivity index (χ3n) is 13.2. The van der Waals surface area contributed by atoms with Crippen LogP contribution in [0.25, 0.3) is 0 Å². The molecule has 0 aliphatic heterocycles. The minimum Gasteiger partial charge on any atom is -0.756 e. The zero-order valence-corrected chi connectivity index (χ0v) is 48.8. The molecule has 0 rings (SSSR count). The van der Waals surface area contributed by atoms with Crippen molar-refractivity contribution in [2.24, 2.45) is 0 Å². The van der Waals surface area contributed by atoms with Crippen LogP contribution >= 0.6 is 7.82 Å². The number of phosphoric acid groups is 1. The lowest BCUT2D eigenvalue weighted by Gasteiger charge is -2.30. The van der Waals surface area contributed by atoms with E-state index in [9.17, 15) is 19.0 Å². The maximum Gasteiger partial charge on any atom is 0.306 e. The molecule has 0 spiro atoms. The molecular weight excluding hydrogens is 916 g/mol. The molecule has 420 valence electrons. The standard InChI is InChI=1S/C62H115N2O7P/c1-7-10-13-16-19-22-25-27-29-30-31-32-33-34-35-36-39-42-45-48-51-54-61(65)63-59(58-70-72(67,68)69-57-56-64(4,5)6)60(53-50-47-44-41-38-24-21-18-15-12-9-3)71-62(66)55-52-49-46-43-40-37-28-26-23-20-17-14-11-8-2/h19,22,27,29,31-32,37,40,50,53,59-60H,7-18,20-21,23-26,28,30,33-36,38-39,41-49,51-52,54-58H2,1-6H3,(H-,63,65,67,68)/b22-19-,29-27-,32-31-,40-37-,53-50-. The summed E-state index contributed by atoms with van der Waals surface area (Å²) >= 11 is 0. The molecule has 0 aliphatic carbocycles. The monoisotopic (exact) mass is 1030 g/mol. The lowest BCUT2D eigenvalue weighted by molar-refractivity contribution is -0.870. The molecule has 3 unspecified atom stereocenters. The maximum absolute atomic E-state index is 13.5. The van der Waals surface area contributed by atoms with E-state index < -0.39 is 26.6 Å². The largest absolute Gasteiger partial charge is 0.756 e. The fraction of sp³-hybridized carbons (Fsp3) is 0.806.